The fourth-order valence-electron chi connectivity index (χ4n) is 1.60. The Morgan fingerprint density at radius 1 is 1.48 bits per heavy atom. The average molecular weight is 317 g/mol. The van der Waals surface area contributed by atoms with Crippen LogP contribution in [0.4, 0.5) is 10.5 Å². The van der Waals surface area contributed by atoms with Crippen molar-refractivity contribution in [2.45, 2.75) is 6.10 Å². The number of carboxylic acid groups (broad SMARTS) is 1. The number of hydrogen-bond acceptors (Lipinski definition) is 4. The molecule has 0 saturated heterocycles. The van der Waals surface area contributed by atoms with Gasteiger partial charge in [0, 0.05) is 14.2 Å². The number of carbonyl (C=O) groups excluding carboxylic acids is 1. The molecule has 0 radical (unpaired) electrons. The lowest BCUT2D eigenvalue weighted by molar-refractivity contribution is 0.0501. The zero-order chi connectivity index (χ0) is 16.0. The highest BCUT2D eigenvalue weighted by Crippen LogP contribution is 2.23. The van der Waals surface area contributed by atoms with Crippen molar-refractivity contribution in [3.63, 3.8) is 0 Å². The highest BCUT2D eigenvalue weighted by atomic mass is 35.5. The van der Waals surface area contributed by atoms with Crippen molar-refractivity contribution in [3.05, 3.63) is 28.8 Å². The Labute approximate surface area is 127 Å². The number of aliphatic hydroxyl groups excluding tert-OH is 1. The van der Waals surface area contributed by atoms with E-state index in [1.807, 2.05) is 0 Å². The quantitative estimate of drug-likeness (QED) is 0.739. The number of nitrogens with zero attached hydrogens (tertiary/aromatic N) is 1. The lowest BCUT2D eigenvalue weighted by atomic mass is 10.2. The fourth-order valence-corrected chi connectivity index (χ4v) is 1.83. The van der Waals surface area contributed by atoms with Crippen LogP contribution in [0.1, 0.15) is 10.4 Å². The Kier molecular flexibility index (Phi) is 6.41. The van der Waals surface area contributed by atoms with Crippen LogP contribution in [0.5, 0.6) is 0 Å². The molecule has 0 aromatic heterocycles. The second kappa shape index (κ2) is 7.82. The highest BCUT2D eigenvalue weighted by Gasteiger charge is 2.15. The minimum absolute atomic E-state index is 0.0295. The Bertz CT molecular complexity index is 523. The molecule has 1 aromatic rings. The average Bonchev–Trinajstić information content (AvgIpc) is 2.40. The van der Waals surface area contributed by atoms with Crippen molar-refractivity contribution in [1.29, 1.82) is 0 Å². The van der Waals surface area contributed by atoms with Crippen molar-refractivity contribution < 1.29 is 24.5 Å². The van der Waals surface area contributed by atoms with Gasteiger partial charge in [-0.25, -0.2) is 9.59 Å². The number of rotatable bonds is 6. The van der Waals surface area contributed by atoms with Crippen LogP contribution in [0.25, 0.3) is 0 Å². The van der Waals surface area contributed by atoms with Gasteiger partial charge in [-0.15, -0.1) is 0 Å². The molecule has 0 heterocycles. The van der Waals surface area contributed by atoms with Crippen LogP contribution >= 0.6 is 11.6 Å². The first-order valence-corrected chi connectivity index (χ1v) is 6.45. The number of benzene rings is 1. The summed E-state index contributed by atoms with van der Waals surface area (Å²) >= 11 is 5.91. The summed E-state index contributed by atoms with van der Waals surface area (Å²) in [4.78, 5) is 24.0. The SMILES string of the molecule is COCC(O)CN(C)C(=O)Nc1ccc(C(=O)O)cc1Cl. The number of nitrogens with one attached hydrogen (secondary N) is 1. The molecule has 0 aliphatic carbocycles. The van der Waals surface area contributed by atoms with E-state index in [0.717, 1.165) is 0 Å². The number of halogens is 1. The summed E-state index contributed by atoms with van der Waals surface area (Å²) in [7, 11) is 2.96. The molecule has 1 rings (SSSR count). The van der Waals surface area contributed by atoms with Crippen molar-refractivity contribution in [2.75, 3.05) is 32.6 Å². The third-order valence-corrected chi connectivity index (χ3v) is 2.96. The van der Waals surface area contributed by atoms with E-state index < -0.39 is 18.1 Å². The topological polar surface area (TPSA) is 99.1 Å². The van der Waals surface area contributed by atoms with E-state index >= 15 is 0 Å². The number of anilines is 1. The molecule has 0 fully saturated rings. The predicted octanol–water partition coefficient (Wildman–Crippen LogP) is 1.51. The second-order valence-electron chi connectivity index (χ2n) is 4.42. The van der Waals surface area contributed by atoms with E-state index in [4.69, 9.17) is 21.4 Å². The van der Waals surface area contributed by atoms with Crippen LogP contribution < -0.4 is 5.32 Å². The Balaban J connectivity index is 2.68. The van der Waals surface area contributed by atoms with E-state index in [0.29, 0.717) is 5.69 Å². The lowest BCUT2D eigenvalue weighted by Gasteiger charge is -2.21. The van der Waals surface area contributed by atoms with Gasteiger partial charge in [-0.3, -0.25) is 0 Å². The van der Waals surface area contributed by atoms with Gasteiger partial charge in [0.15, 0.2) is 0 Å². The minimum Gasteiger partial charge on any atom is -0.478 e. The Morgan fingerprint density at radius 2 is 2.14 bits per heavy atom. The van der Waals surface area contributed by atoms with Gasteiger partial charge in [-0.05, 0) is 18.2 Å². The maximum atomic E-state index is 11.9. The van der Waals surface area contributed by atoms with Gasteiger partial charge >= 0.3 is 12.0 Å². The largest absolute Gasteiger partial charge is 0.478 e. The summed E-state index contributed by atoms with van der Waals surface area (Å²) in [6.45, 7) is 0.205. The number of methoxy groups -OCH3 is 1. The Hall–Kier alpha value is -1.83. The third-order valence-electron chi connectivity index (χ3n) is 2.65. The molecule has 0 bridgehead atoms. The summed E-state index contributed by atoms with van der Waals surface area (Å²) in [6.07, 6.45) is -0.796. The summed E-state index contributed by atoms with van der Waals surface area (Å²) < 4.78 is 4.77. The van der Waals surface area contributed by atoms with E-state index in [9.17, 15) is 14.7 Å². The highest BCUT2D eigenvalue weighted by molar-refractivity contribution is 6.34. The van der Waals surface area contributed by atoms with E-state index in [-0.39, 0.29) is 23.7 Å². The zero-order valence-electron chi connectivity index (χ0n) is 11.7. The normalized spacial score (nSPS) is 11.8. The molecule has 7 nitrogen and oxygen atoms in total. The van der Waals surface area contributed by atoms with Crippen LogP contribution in [0.2, 0.25) is 5.02 Å². The summed E-state index contributed by atoms with van der Waals surface area (Å²) in [6, 6.07) is 3.52. The van der Waals surface area contributed by atoms with E-state index in [2.05, 4.69) is 5.32 Å². The number of amides is 2. The first-order valence-electron chi connectivity index (χ1n) is 6.07. The molecule has 0 saturated carbocycles. The smallest absolute Gasteiger partial charge is 0.335 e. The van der Waals surface area contributed by atoms with E-state index in [1.54, 1.807) is 0 Å². The molecule has 3 N–H and O–H groups in total. The Morgan fingerprint density at radius 3 is 2.67 bits per heavy atom. The monoisotopic (exact) mass is 316 g/mol. The molecule has 0 aliphatic rings. The molecule has 0 aliphatic heterocycles. The van der Waals surface area contributed by atoms with E-state index in [1.165, 1.54) is 37.3 Å². The summed E-state index contributed by atoms with van der Waals surface area (Å²) in [5, 5.41) is 21.0. The first kappa shape index (κ1) is 17.2. The number of carboxylic acids is 1. The van der Waals surface area contributed by atoms with Crippen LogP contribution in [0.3, 0.4) is 0 Å². The third kappa shape index (κ3) is 5.22. The van der Waals surface area contributed by atoms with Crippen LogP contribution in [0.15, 0.2) is 18.2 Å². The van der Waals surface area contributed by atoms with Crippen LogP contribution in [-0.2, 0) is 4.74 Å². The van der Waals surface area contributed by atoms with Crippen LogP contribution in [0, 0.1) is 0 Å². The molecular formula is C13H17ClN2O5. The van der Waals surface area contributed by atoms with Crippen molar-refractivity contribution in [1.82, 2.24) is 4.90 Å². The molecule has 1 atom stereocenters. The molecular weight excluding hydrogens is 300 g/mol. The number of urea groups is 1. The standard InChI is InChI=1S/C13H17ClN2O5/c1-16(6-9(17)7-21-2)13(20)15-11-4-3-8(12(18)19)5-10(11)14/h3-5,9,17H,6-7H2,1-2H3,(H,15,20)(H,18,19). The fraction of sp³-hybridized carbons (Fsp3) is 0.385. The minimum atomic E-state index is -1.10. The number of aromatic carboxylic acids is 1. The maximum absolute atomic E-state index is 11.9. The van der Waals surface area contributed by atoms with Crippen molar-refractivity contribution in [2.24, 2.45) is 0 Å². The number of aliphatic hydroxyl groups is 1. The zero-order valence-corrected chi connectivity index (χ0v) is 12.4. The maximum Gasteiger partial charge on any atom is 0.335 e. The van der Waals surface area contributed by atoms with Crippen molar-refractivity contribution >= 4 is 29.3 Å². The van der Waals surface area contributed by atoms with Gasteiger partial charge < -0.3 is 25.2 Å². The molecule has 21 heavy (non-hydrogen) atoms. The first-order chi connectivity index (χ1) is 9.85. The number of hydrogen-bond donors (Lipinski definition) is 3. The van der Waals surface area contributed by atoms with Crippen molar-refractivity contribution in [3.8, 4) is 0 Å². The van der Waals surface area contributed by atoms with Gasteiger partial charge in [-0.2, -0.15) is 0 Å². The second-order valence-corrected chi connectivity index (χ2v) is 4.83. The molecule has 1 unspecified atom stereocenters. The van der Waals surface area contributed by atoms with Gasteiger partial charge in [0.25, 0.3) is 0 Å². The molecule has 1 aromatic carbocycles. The lowest BCUT2D eigenvalue weighted by Crippen LogP contribution is -2.38. The number of likely N-dealkylation sites (N-methyl/N-ethyl adjacent to an activating group) is 1. The van der Waals surface area contributed by atoms with Gasteiger partial charge in [0.1, 0.15) is 0 Å². The van der Waals surface area contributed by atoms with Gasteiger partial charge in [0.05, 0.1) is 35.5 Å². The summed E-state index contributed by atoms with van der Waals surface area (Å²) in [5.74, 6) is -1.10. The van der Waals surface area contributed by atoms with Crippen LogP contribution in [-0.4, -0.2) is 60.5 Å². The number of ether oxygens (including phenoxy) is 1. The molecule has 2 amide bonds. The van der Waals surface area contributed by atoms with Gasteiger partial charge in [0.2, 0.25) is 0 Å². The molecule has 0 spiro atoms. The summed E-state index contributed by atoms with van der Waals surface area (Å²) in [5.41, 5.74) is 0.321. The number of carbonyl (C=O) groups is 2. The predicted molar refractivity (Wildman–Crippen MR) is 77.9 cm³/mol. The molecule has 8 heteroatoms. The molecule has 116 valence electrons. The van der Waals surface area contributed by atoms with Gasteiger partial charge in [-0.1, -0.05) is 11.6 Å².